The molecule has 3 rings (SSSR count). The number of aromatic nitrogens is 2. The number of likely N-dealkylation sites (tertiary alicyclic amines) is 1. The average Bonchev–Trinajstić information content (AvgIpc) is 2.96. The Bertz CT molecular complexity index is 750. The maximum absolute atomic E-state index is 12.8. The molecule has 22 heavy (non-hydrogen) atoms. The van der Waals surface area contributed by atoms with Crippen molar-refractivity contribution < 1.29 is 4.79 Å². The Morgan fingerprint density at radius 3 is 2.91 bits per heavy atom. The lowest BCUT2D eigenvalue weighted by Crippen LogP contribution is -2.39. The predicted octanol–water partition coefficient (Wildman–Crippen LogP) is 2.52. The summed E-state index contributed by atoms with van der Waals surface area (Å²) in [5.74, 6) is -0.0738. The van der Waals surface area contributed by atoms with Crippen LogP contribution in [-0.2, 0) is 7.05 Å². The molecule has 0 N–H and O–H groups in total. The molecule has 0 aromatic carbocycles. The van der Waals surface area contributed by atoms with Gasteiger partial charge in [0.05, 0.1) is 6.04 Å². The first-order valence-electron chi connectivity index (χ1n) is 7.46. The molecule has 1 atom stereocenters. The Labute approximate surface area is 133 Å². The molecule has 0 radical (unpaired) electrons. The van der Waals surface area contributed by atoms with Gasteiger partial charge in [0.15, 0.2) is 0 Å². The van der Waals surface area contributed by atoms with Crippen LogP contribution < -0.4 is 5.56 Å². The SMILES string of the molecule is Cc1csc([C@@H]2CCCCN2C(=O)c2ccn(C)c(=O)c2)n1. The Hall–Kier alpha value is -1.95. The minimum atomic E-state index is -0.162. The number of rotatable bonds is 2. The zero-order valence-electron chi connectivity index (χ0n) is 12.8. The highest BCUT2D eigenvalue weighted by molar-refractivity contribution is 7.09. The fourth-order valence-corrected chi connectivity index (χ4v) is 3.75. The van der Waals surface area contributed by atoms with Crippen LogP contribution in [0.15, 0.2) is 28.5 Å². The van der Waals surface area contributed by atoms with E-state index in [1.807, 2.05) is 17.2 Å². The van der Waals surface area contributed by atoms with Gasteiger partial charge < -0.3 is 9.47 Å². The normalized spacial score (nSPS) is 18.5. The van der Waals surface area contributed by atoms with Crippen LogP contribution in [0, 0.1) is 6.92 Å². The lowest BCUT2D eigenvalue weighted by atomic mass is 10.0. The van der Waals surface area contributed by atoms with Gasteiger partial charge in [-0.1, -0.05) is 0 Å². The number of pyridine rings is 1. The van der Waals surface area contributed by atoms with Gasteiger partial charge >= 0.3 is 0 Å². The topological polar surface area (TPSA) is 55.2 Å². The van der Waals surface area contributed by atoms with Crippen LogP contribution in [0.3, 0.4) is 0 Å². The van der Waals surface area contributed by atoms with Gasteiger partial charge in [0.1, 0.15) is 5.01 Å². The third-order valence-corrected chi connectivity index (χ3v) is 5.10. The molecule has 2 aromatic heterocycles. The molecule has 1 fully saturated rings. The average molecular weight is 317 g/mol. The first-order chi connectivity index (χ1) is 10.6. The van der Waals surface area contributed by atoms with Gasteiger partial charge in [0.25, 0.3) is 11.5 Å². The van der Waals surface area contributed by atoms with Crippen LogP contribution in [0.5, 0.6) is 0 Å². The van der Waals surface area contributed by atoms with Gasteiger partial charge in [-0.25, -0.2) is 4.98 Å². The third kappa shape index (κ3) is 2.83. The lowest BCUT2D eigenvalue weighted by Gasteiger charge is -2.34. The summed E-state index contributed by atoms with van der Waals surface area (Å²) in [6.45, 7) is 2.69. The first kappa shape index (κ1) is 15.0. The number of aryl methyl sites for hydroxylation is 2. The number of carbonyl (C=O) groups is 1. The van der Waals surface area contributed by atoms with E-state index in [1.165, 1.54) is 10.6 Å². The van der Waals surface area contributed by atoms with Crippen molar-refractivity contribution in [2.45, 2.75) is 32.2 Å². The van der Waals surface area contributed by atoms with E-state index in [0.29, 0.717) is 5.56 Å². The fraction of sp³-hybridized carbons (Fsp3) is 0.438. The molecule has 0 aliphatic carbocycles. The van der Waals surface area contributed by atoms with E-state index in [9.17, 15) is 9.59 Å². The summed E-state index contributed by atoms with van der Waals surface area (Å²) in [6.07, 6.45) is 4.67. The maximum atomic E-state index is 12.8. The largest absolute Gasteiger partial charge is 0.329 e. The molecule has 1 amide bonds. The third-order valence-electron chi connectivity index (χ3n) is 4.04. The van der Waals surface area contributed by atoms with Crippen LogP contribution >= 0.6 is 11.3 Å². The Morgan fingerprint density at radius 2 is 2.23 bits per heavy atom. The summed E-state index contributed by atoms with van der Waals surface area (Å²) in [5, 5.41) is 3.01. The van der Waals surface area contributed by atoms with E-state index < -0.39 is 0 Å². The van der Waals surface area contributed by atoms with Crippen LogP contribution in [0.2, 0.25) is 0 Å². The summed E-state index contributed by atoms with van der Waals surface area (Å²) in [6, 6.07) is 3.16. The number of nitrogens with zero attached hydrogens (tertiary/aromatic N) is 3. The van der Waals surface area contributed by atoms with Crippen molar-refractivity contribution in [2.24, 2.45) is 7.05 Å². The smallest absolute Gasteiger partial charge is 0.254 e. The summed E-state index contributed by atoms with van der Waals surface area (Å²) in [5.41, 5.74) is 1.29. The van der Waals surface area contributed by atoms with Gasteiger partial charge in [-0.05, 0) is 32.3 Å². The standard InChI is InChI=1S/C16H19N3O2S/c1-11-10-22-15(17-11)13-5-3-4-7-19(13)16(21)12-6-8-18(2)14(20)9-12/h6,8-10,13H,3-5,7H2,1-2H3/t13-/m0/s1. The molecule has 116 valence electrons. The van der Waals surface area contributed by atoms with E-state index in [1.54, 1.807) is 30.6 Å². The van der Waals surface area contributed by atoms with Crippen molar-refractivity contribution in [2.75, 3.05) is 6.54 Å². The van der Waals surface area contributed by atoms with Gasteiger partial charge in [-0.3, -0.25) is 9.59 Å². The predicted molar refractivity (Wildman–Crippen MR) is 86.2 cm³/mol. The van der Waals surface area contributed by atoms with Gasteiger partial charge in [0, 0.05) is 42.5 Å². The quantitative estimate of drug-likeness (QED) is 0.855. The number of amides is 1. The number of hydrogen-bond donors (Lipinski definition) is 0. The fourth-order valence-electron chi connectivity index (χ4n) is 2.80. The lowest BCUT2D eigenvalue weighted by molar-refractivity contribution is 0.0610. The van der Waals surface area contributed by atoms with E-state index in [2.05, 4.69) is 4.98 Å². The minimum absolute atomic E-state index is 0.0315. The van der Waals surface area contributed by atoms with E-state index in [4.69, 9.17) is 0 Å². The molecule has 0 unspecified atom stereocenters. The van der Waals surface area contributed by atoms with Crippen LogP contribution in [0.1, 0.15) is 46.4 Å². The summed E-state index contributed by atoms with van der Waals surface area (Å²) >= 11 is 1.61. The van der Waals surface area contributed by atoms with E-state index >= 15 is 0 Å². The maximum Gasteiger partial charge on any atom is 0.254 e. The molecule has 0 spiro atoms. The van der Waals surface area contributed by atoms with E-state index in [-0.39, 0.29) is 17.5 Å². The Morgan fingerprint density at radius 1 is 1.41 bits per heavy atom. The second-order valence-electron chi connectivity index (χ2n) is 5.70. The monoisotopic (exact) mass is 317 g/mol. The van der Waals surface area contributed by atoms with Crippen molar-refractivity contribution in [3.05, 3.63) is 50.3 Å². The van der Waals surface area contributed by atoms with Crippen molar-refractivity contribution in [1.29, 1.82) is 0 Å². The molecule has 1 aliphatic heterocycles. The molecular formula is C16H19N3O2S. The molecule has 2 aromatic rings. The van der Waals surface area contributed by atoms with Crippen LogP contribution in [-0.4, -0.2) is 26.9 Å². The molecule has 0 saturated carbocycles. The van der Waals surface area contributed by atoms with E-state index in [0.717, 1.165) is 36.5 Å². The summed E-state index contributed by atoms with van der Waals surface area (Å²) in [7, 11) is 1.68. The first-order valence-corrected chi connectivity index (χ1v) is 8.34. The van der Waals surface area contributed by atoms with Crippen LogP contribution in [0.25, 0.3) is 0 Å². The Kier molecular flexibility index (Phi) is 4.11. The molecule has 1 aliphatic rings. The highest BCUT2D eigenvalue weighted by atomic mass is 32.1. The van der Waals surface area contributed by atoms with Crippen LogP contribution in [0.4, 0.5) is 0 Å². The highest BCUT2D eigenvalue weighted by Crippen LogP contribution is 2.33. The summed E-state index contributed by atoms with van der Waals surface area (Å²) < 4.78 is 1.47. The van der Waals surface area contributed by atoms with Gasteiger partial charge in [0.2, 0.25) is 0 Å². The summed E-state index contributed by atoms with van der Waals surface area (Å²) in [4.78, 5) is 31.0. The number of hydrogen-bond acceptors (Lipinski definition) is 4. The molecule has 1 saturated heterocycles. The minimum Gasteiger partial charge on any atom is -0.329 e. The van der Waals surface area contributed by atoms with Crippen molar-refractivity contribution in [3.63, 3.8) is 0 Å². The second kappa shape index (κ2) is 6.04. The number of carbonyl (C=O) groups excluding carboxylic acids is 1. The van der Waals surface area contributed by atoms with Crippen molar-refractivity contribution in [3.8, 4) is 0 Å². The van der Waals surface area contributed by atoms with Crippen molar-refractivity contribution >= 4 is 17.2 Å². The zero-order chi connectivity index (χ0) is 15.7. The molecule has 0 bridgehead atoms. The van der Waals surface area contributed by atoms with Crippen molar-refractivity contribution in [1.82, 2.24) is 14.5 Å². The zero-order valence-corrected chi connectivity index (χ0v) is 13.6. The highest BCUT2D eigenvalue weighted by Gasteiger charge is 2.30. The molecule has 6 heteroatoms. The number of thiazole rings is 1. The molecule has 3 heterocycles. The Balaban J connectivity index is 1.91. The van der Waals surface area contributed by atoms with Gasteiger partial charge in [-0.2, -0.15) is 0 Å². The number of piperidine rings is 1. The molecule has 5 nitrogen and oxygen atoms in total. The van der Waals surface area contributed by atoms with Gasteiger partial charge in [-0.15, -0.1) is 11.3 Å². The second-order valence-corrected chi connectivity index (χ2v) is 6.59. The molecular weight excluding hydrogens is 298 g/mol.